The zero-order valence-electron chi connectivity index (χ0n) is 16.0. The molecule has 0 fully saturated rings. The lowest BCUT2D eigenvalue weighted by Gasteiger charge is -2.13. The van der Waals surface area contributed by atoms with E-state index in [-0.39, 0.29) is 11.7 Å². The lowest BCUT2D eigenvalue weighted by atomic mass is 10.1. The Morgan fingerprint density at radius 3 is 2.46 bits per heavy atom. The second-order valence-corrected chi connectivity index (χ2v) is 6.40. The van der Waals surface area contributed by atoms with Gasteiger partial charge in [-0.3, -0.25) is 4.79 Å². The number of ether oxygens (including phenoxy) is 1. The summed E-state index contributed by atoms with van der Waals surface area (Å²) in [7, 11) is 1.48. The molecule has 28 heavy (non-hydrogen) atoms. The van der Waals surface area contributed by atoms with Crippen LogP contribution in [0.4, 0.5) is 4.39 Å². The van der Waals surface area contributed by atoms with Gasteiger partial charge in [0.2, 0.25) is 0 Å². The number of benzene rings is 2. The van der Waals surface area contributed by atoms with Crippen LogP contribution in [0.3, 0.4) is 0 Å². The van der Waals surface area contributed by atoms with Gasteiger partial charge in [-0.15, -0.1) is 0 Å². The number of carbonyl (C=O) groups is 1. The summed E-state index contributed by atoms with van der Waals surface area (Å²) >= 11 is 0. The summed E-state index contributed by atoms with van der Waals surface area (Å²) in [5.74, 6) is -0.626. The normalized spacial score (nSPS) is 12.3. The van der Waals surface area contributed by atoms with E-state index in [9.17, 15) is 9.18 Å². The maximum absolute atomic E-state index is 13.2. The fourth-order valence-corrected chi connectivity index (χ4v) is 3.15. The van der Waals surface area contributed by atoms with Crippen molar-refractivity contribution in [1.29, 1.82) is 0 Å². The maximum Gasteiger partial charge on any atom is 0.273 e. The first kappa shape index (κ1) is 19.5. The molecule has 1 heterocycles. The van der Waals surface area contributed by atoms with E-state index in [0.29, 0.717) is 0 Å². The molecule has 1 N–H and O–H groups in total. The molecule has 5 nitrogen and oxygen atoms in total. The Morgan fingerprint density at radius 1 is 1.14 bits per heavy atom. The molecule has 0 aliphatic heterocycles. The number of carbonyl (C=O) groups excluding carboxylic acids is 1. The number of methoxy groups -OCH3 is 1. The van der Waals surface area contributed by atoms with Crippen LogP contribution in [0.25, 0.3) is 5.69 Å². The number of nitrogens with one attached hydrogen (secondary N) is 1. The van der Waals surface area contributed by atoms with Crippen molar-refractivity contribution >= 4 is 12.1 Å². The quantitative estimate of drug-likeness (QED) is 0.518. The third-order valence-electron chi connectivity index (χ3n) is 4.51. The van der Waals surface area contributed by atoms with Crippen LogP contribution >= 0.6 is 0 Å². The van der Waals surface area contributed by atoms with Gasteiger partial charge in [0.25, 0.3) is 5.91 Å². The maximum atomic E-state index is 13.2. The van der Waals surface area contributed by atoms with E-state index in [1.54, 1.807) is 18.3 Å². The minimum atomic E-state index is -0.731. The monoisotopic (exact) mass is 379 g/mol. The molecule has 6 heteroatoms. The summed E-state index contributed by atoms with van der Waals surface area (Å²) in [4.78, 5) is 12.4. The standard InChI is InChI=1S/C22H22FN3O2/c1-15-13-18(16(2)26(15)20-11-9-19(23)10-12-20)14-24-25-22(27)21(28-3)17-7-5-4-6-8-17/h4-14,21H,1-3H3,(H,25,27)/b24-14+. The van der Waals surface area contributed by atoms with Crippen LogP contribution in [0.5, 0.6) is 0 Å². The Balaban J connectivity index is 1.75. The number of nitrogens with zero attached hydrogens (tertiary/aromatic N) is 2. The third-order valence-corrected chi connectivity index (χ3v) is 4.51. The van der Waals surface area contributed by atoms with Crippen molar-refractivity contribution in [3.05, 3.63) is 89.0 Å². The molecule has 1 aromatic heterocycles. The van der Waals surface area contributed by atoms with Gasteiger partial charge in [0, 0.05) is 29.7 Å². The average Bonchev–Trinajstić information content (AvgIpc) is 2.97. The van der Waals surface area contributed by atoms with Gasteiger partial charge in [0.05, 0.1) is 6.21 Å². The Hall–Kier alpha value is -3.25. The molecule has 1 unspecified atom stereocenters. The first-order valence-electron chi connectivity index (χ1n) is 8.87. The summed E-state index contributed by atoms with van der Waals surface area (Å²) in [6.45, 7) is 3.91. The lowest BCUT2D eigenvalue weighted by Crippen LogP contribution is -2.26. The highest BCUT2D eigenvalue weighted by Crippen LogP contribution is 2.20. The van der Waals surface area contributed by atoms with Crippen molar-refractivity contribution in [2.24, 2.45) is 5.10 Å². The summed E-state index contributed by atoms with van der Waals surface area (Å²) in [5, 5.41) is 4.08. The van der Waals surface area contributed by atoms with Crippen molar-refractivity contribution in [3.63, 3.8) is 0 Å². The first-order chi connectivity index (χ1) is 13.5. The van der Waals surface area contributed by atoms with Crippen LogP contribution < -0.4 is 5.43 Å². The molecule has 1 amide bonds. The molecular weight excluding hydrogens is 357 g/mol. The SMILES string of the molecule is COC(C(=O)N/N=C/c1cc(C)n(-c2ccc(F)cc2)c1C)c1ccccc1. The average molecular weight is 379 g/mol. The molecule has 0 bridgehead atoms. The Morgan fingerprint density at radius 2 is 1.82 bits per heavy atom. The van der Waals surface area contributed by atoms with E-state index in [2.05, 4.69) is 10.5 Å². The van der Waals surface area contributed by atoms with Crippen molar-refractivity contribution in [1.82, 2.24) is 9.99 Å². The van der Waals surface area contributed by atoms with Gasteiger partial charge in [-0.1, -0.05) is 30.3 Å². The van der Waals surface area contributed by atoms with Crippen molar-refractivity contribution in [2.45, 2.75) is 20.0 Å². The van der Waals surface area contributed by atoms with E-state index in [4.69, 9.17) is 4.74 Å². The molecule has 0 spiro atoms. The molecule has 0 aliphatic carbocycles. The molecule has 0 saturated heterocycles. The predicted molar refractivity (Wildman–Crippen MR) is 107 cm³/mol. The van der Waals surface area contributed by atoms with E-state index in [1.807, 2.05) is 54.8 Å². The summed E-state index contributed by atoms with van der Waals surface area (Å²) in [6.07, 6.45) is 0.864. The van der Waals surface area contributed by atoms with Crippen LogP contribution in [-0.4, -0.2) is 23.8 Å². The number of rotatable bonds is 6. The number of hydrogen-bond acceptors (Lipinski definition) is 3. The molecule has 1 atom stereocenters. The van der Waals surface area contributed by atoms with Crippen LogP contribution in [0, 0.1) is 19.7 Å². The van der Waals surface area contributed by atoms with Crippen molar-refractivity contribution in [2.75, 3.05) is 7.11 Å². The van der Waals surface area contributed by atoms with Gasteiger partial charge in [0.1, 0.15) is 5.82 Å². The van der Waals surface area contributed by atoms with Gasteiger partial charge < -0.3 is 9.30 Å². The minimum Gasteiger partial charge on any atom is -0.367 e. The topological polar surface area (TPSA) is 55.6 Å². The van der Waals surface area contributed by atoms with Gasteiger partial charge in [-0.25, -0.2) is 9.82 Å². The van der Waals surface area contributed by atoms with Crippen LogP contribution in [-0.2, 0) is 9.53 Å². The van der Waals surface area contributed by atoms with Crippen molar-refractivity contribution < 1.29 is 13.9 Å². The number of hydrazone groups is 1. The molecule has 0 saturated carbocycles. The van der Waals surface area contributed by atoms with E-state index in [1.165, 1.54) is 19.2 Å². The number of halogens is 1. The predicted octanol–water partition coefficient (Wildman–Crippen LogP) is 4.07. The van der Waals surface area contributed by atoms with Crippen LogP contribution in [0.1, 0.15) is 28.6 Å². The van der Waals surface area contributed by atoms with E-state index in [0.717, 1.165) is 28.2 Å². The molecule has 0 radical (unpaired) electrons. The molecule has 0 aliphatic rings. The second kappa shape index (κ2) is 8.63. The number of amides is 1. The number of aryl methyl sites for hydroxylation is 1. The van der Waals surface area contributed by atoms with Gasteiger partial charge in [0.15, 0.2) is 6.10 Å². The molecular formula is C22H22FN3O2. The zero-order valence-corrected chi connectivity index (χ0v) is 16.0. The van der Waals surface area contributed by atoms with Gasteiger partial charge in [-0.2, -0.15) is 5.10 Å². The van der Waals surface area contributed by atoms with E-state index >= 15 is 0 Å². The highest BCUT2D eigenvalue weighted by Gasteiger charge is 2.19. The van der Waals surface area contributed by atoms with Crippen molar-refractivity contribution in [3.8, 4) is 5.69 Å². The molecule has 3 rings (SSSR count). The van der Waals surface area contributed by atoms with Crippen LogP contribution in [0.15, 0.2) is 65.8 Å². The Kier molecular flexibility index (Phi) is 6.01. The molecule has 2 aromatic carbocycles. The lowest BCUT2D eigenvalue weighted by molar-refractivity contribution is -0.131. The fraction of sp³-hybridized carbons (Fsp3) is 0.182. The molecule has 3 aromatic rings. The highest BCUT2D eigenvalue weighted by atomic mass is 19.1. The van der Waals surface area contributed by atoms with Gasteiger partial charge >= 0.3 is 0 Å². The largest absolute Gasteiger partial charge is 0.367 e. The second-order valence-electron chi connectivity index (χ2n) is 6.40. The number of aromatic nitrogens is 1. The highest BCUT2D eigenvalue weighted by molar-refractivity contribution is 5.86. The fourth-order valence-electron chi connectivity index (χ4n) is 3.15. The number of hydrogen-bond donors (Lipinski definition) is 1. The van der Waals surface area contributed by atoms with E-state index < -0.39 is 6.10 Å². The van der Waals surface area contributed by atoms with Crippen LogP contribution in [0.2, 0.25) is 0 Å². The Labute approximate surface area is 163 Å². The minimum absolute atomic E-state index is 0.276. The smallest absolute Gasteiger partial charge is 0.273 e. The first-order valence-corrected chi connectivity index (χ1v) is 8.87. The zero-order chi connectivity index (χ0) is 20.1. The summed E-state index contributed by atoms with van der Waals surface area (Å²) in [6, 6.07) is 17.5. The summed E-state index contributed by atoms with van der Waals surface area (Å²) in [5.41, 5.74) is 6.93. The third kappa shape index (κ3) is 4.18. The van der Waals surface area contributed by atoms with Gasteiger partial charge in [-0.05, 0) is 49.7 Å². The Bertz CT molecular complexity index is 979. The molecule has 144 valence electrons. The summed E-state index contributed by atoms with van der Waals surface area (Å²) < 4.78 is 20.5.